The SMILES string of the molecule is N=C(C1=C(N)CNCC1)C(F)(F)F. The molecule has 0 aromatic carbocycles. The summed E-state index contributed by atoms with van der Waals surface area (Å²) in [7, 11) is 0. The molecule has 13 heavy (non-hydrogen) atoms. The molecule has 1 aliphatic heterocycles. The highest BCUT2D eigenvalue weighted by Gasteiger charge is 2.37. The maximum absolute atomic E-state index is 12.1. The summed E-state index contributed by atoms with van der Waals surface area (Å²) in [6, 6.07) is 0. The molecule has 3 nitrogen and oxygen atoms in total. The minimum absolute atomic E-state index is 0.0775. The van der Waals surface area contributed by atoms with Crippen LogP contribution >= 0.6 is 0 Å². The van der Waals surface area contributed by atoms with Crippen LogP contribution in [0.2, 0.25) is 0 Å². The van der Waals surface area contributed by atoms with Gasteiger partial charge in [0.25, 0.3) is 0 Å². The Bertz CT molecular complexity index is 254. The fourth-order valence-electron chi connectivity index (χ4n) is 1.16. The van der Waals surface area contributed by atoms with Gasteiger partial charge in [-0.15, -0.1) is 0 Å². The van der Waals surface area contributed by atoms with Crippen LogP contribution in [0.25, 0.3) is 0 Å². The highest BCUT2D eigenvalue weighted by molar-refractivity contribution is 6.02. The Labute approximate surface area is 73.3 Å². The standard InChI is InChI=1S/C7H10F3N3/c8-7(9,10)6(12)4-1-2-13-3-5(4)11/h12-13H,1-3,11H2. The van der Waals surface area contributed by atoms with Gasteiger partial charge < -0.3 is 11.1 Å². The normalized spacial score (nSPS) is 19.0. The number of nitrogens with one attached hydrogen (secondary N) is 2. The molecule has 1 rings (SSSR count). The van der Waals surface area contributed by atoms with E-state index in [1.807, 2.05) is 0 Å². The van der Waals surface area contributed by atoms with Gasteiger partial charge in [-0.3, -0.25) is 5.41 Å². The van der Waals surface area contributed by atoms with E-state index in [-0.39, 0.29) is 24.2 Å². The topological polar surface area (TPSA) is 61.9 Å². The third-order valence-electron chi connectivity index (χ3n) is 1.84. The molecular formula is C7H10F3N3. The van der Waals surface area contributed by atoms with E-state index in [0.29, 0.717) is 6.54 Å². The lowest BCUT2D eigenvalue weighted by Crippen LogP contribution is -2.35. The van der Waals surface area contributed by atoms with Gasteiger partial charge in [-0.25, -0.2) is 0 Å². The van der Waals surface area contributed by atoms with E-state index in [1.165, 1.54) is 0 Å². The van der Waals surface area contributed by atoms with Crippen molar-refractivity contribution in [2.45, 2.75) is 12.6 Å². The zero-order valence-corrected chi connectivity index (χ0v) is 6.83. The average molecular weight is 193 g/mol. The summed E-state index contributed by atoms with van der Waals surface area (Å²) in [6.07, 6.45) is -4.42. The van der Waals surface area contributed by atoms with Gasteiger partial charge in [0.15, 0.2) is 0 Å². The summed E-state index contributed by atoms with van der Waals surface area (Å²) in [5.74, 6) is 0. The Morgan fingerprint density at radius 2 is 2.08 bits per heavy atom. The van der Waals surface area contributed by atoms with Crippen LogP contribution in [-0.2, 0) is 0 Å². The Balaban J connectivity index is 2.87. The molecule has 0 aliphatic carbocycles. The third kappa shape index (κ3) is 2.21. The summed E-state index contributed by atoms with van der Waals surface area (Å²) in [4.78, 5) is 0. The second kappa shape index (κ2) is 3.37. The summed E-state index contributed by atoms with van der Waals surface area (Å²) >= 11 is 0. The van der Waals surface area contributed by atoms with Crippen LogP contribution in [0.4, 0.5) is 13.2 Å². The molecule has 6 heteroatoms. The molecule has 0 unspecified atom stereocenters. The van der Waals surface area contributed by atoms with E-state index < -0.39 is 11.9 Å². The van der Waals surface area contributed by atoms with Crippen LogP contribution in [-0.4, -0.2) is 25.0 Å². The zero-order chi connectivity index (χ0) is 10.1. The number of hydrogen-bond acceptors (Lipinski definition) is 3. The van der Waals surface area contributed by atoms with Crippen LogP contribution in [0, 0.1) is 5.41 Å². The van der Waals surface area contributed by atoms with Gasteiger partial charge >= 0.3 is 6.18 Å². The van der Waals surface area contributed by atoms with Crippen molar-refractivity contribution in [3.8, 4) is 0 Å². The van der Waals surface area contributed by atoms with Crippen molar-refractivity contribution in [3.63, 3.8) is 0 Å². The van der Waals surface area contributed by atoms with Crippen LogP contribution < -0.4 is 11.1 Å². The lowest BCUT2D eigenvalue weighted by molar-refractivity contribution is -0.0592. The number of nitrogens with two attached hydrogens (primary N) is 1. The fraction of sp³-hybridized carbons (Fsp3) is 0.571. The summed E-state index contributed by atoms with van der Waals surface area (Å²) < 4.78 is 36.2. The van der Waals surface area contributed by atoms with Crippen molar-refractivity contribution in [1.29, 1.82) is 5.41 Å². The summed E-state index contributed by atoms with van der Waals surface area (Å²) in [5.41, 5.74) is 4.08. The zero-order valence-electron chi connectivity index (χ0n) is 6.83. The minimum Gasteiger partial charge on any atom is -0.401 e. The number of rotatable bonds is 1. The Morgan fingerprint density at radius 1 is 1.46 bits per heavy atom. The molecular weight excluding hydrogens is 183 g/mol. The van der Waals surface area contributed by atoms with E-state index in [4.69, 9.17) is 11.1 Å². The lowest BCUT2D eigenvalue weighted by Gasteiger charge is -2.20. The van der Waals surface area contributed by atoms with E-state index in [9.17, 15) is 13.2 Å². The third-order valence-corrected chi connectivity index (χ3v) is 1.84. The quantitative estimate of drug-likeness (QED) is 0.539. The molecule has 0 aromatic rings. The highest BCUT2D eigenvalue weighted by Crippen LogP contribution is 2.24. The Hall–Kier alpha value is -1.04. The van der Waals surface area contributed by atoms with E-state index in [1.54, 1.807) is 0 Å². The molecule has 1 heterocycles. The second-order valence-electron chi connectivity index (χ2n) is 2.80. The molecule has 0 aromatic heterocycles. The molecule has 0 bridgehead atoms. The smallest absolute Gasteiger partial charge is 0.401 e. The average Bonchev–Trinajstić information content (AvgIpc) is 2.02. The molecule has 0 spiro atoms. The molecule has 4 N–H and O–H groups in total. The lowest BCUT2D eigenvalue weighted by atomic mass is 10.0. The number of hydrogen-bond donors (Lipinski definition) is 3. The molecule has 0 saturated heterocycles. The molecule has 74 valence electrons. The van der Waals surface area contributed by atoms with Crippen LogP contribution in [0.5, 0.6) is 0 Å². The Kier molecular flexibility index (Phi) is 2.60. The predicted octanol–water partition coefficient (Wildman–Crippen LogP) is 0.775. The van der Waals surface area contributed by atoms with Crippen molar-refractivity contribution >= 4 is 5.71 Å². The van der Waals surface area contributed by atoms with Gasteiger partial charge in [0.1, 0.15) is 5.71 Å². The molecule has 0 saturated carbocycles. The maximum atomic E-state index is 12.1. The van der Waals surface area contributed by atoms with Gasteiger partial charge in [-0.2, -0.15) is 13.2 Å². The van der Waals surface area contributed by atoms with Crippen molar-refractivity contribution in [3.05, 3.63) is 11.3 Å². The first kappa shape index (κ1) is 10.0. The van der Waals surface area contributed by atoms with Gasteiger partial charge in [0, 0.05) is 17.8 Å². The minimum atomic E-state index is -4.59. The molecule has 0 atom stereocenters. The van der Waals surface area contributed by atoms with Crippen LogP contribution in [0.1, 0.15) is 6.42 Å². The van der Waals surface area contributed by atoms with Crippen molar-refractivity contribution in [2.24, 2.45) is 5.73 Å². The summed E-state index contributed by atoms with van der Waals surface area (Å²) in [6.45, 7) is 0.669. The van der Waals surface area contributed by atoms with Crippen molar-refractivity contribution < 1.29 is 13.2 Å². The second-order valence-corrected chi connectivity index (χ2v) is 2.80. The number of halogens is 3. The highest BCUT2D eigenvalue weighted by atomic mass is 19.4. The van der Waals surface area contributed by atoms with E-state index in [2.05, 4.69) is 5.32 Å². The largest absolute Gasteiger partial charge is 0.432 e. The van der Waals surface area contributed by atoms with Gasteiger partial charge in [-0.05, 0) is 13.0 Å². The molecule has 0 amide bonds. The fourth-order valence-corrected chi connectivity index (χ4v) is 1.16. The maximum Gasteiger partial charge on any atom is 0.432 e. The first-order chi connectivity index (χ1) is 5.93. The molecule has 1 aliphatic rings. The van der Waals surface area contributed by atoms with Gasteiger partial charge in [0.2, 0.25) is 0 Å². The van der Waals surface area contributed by atoms with E-state index >= 15 is 0 Å². The van der Waals surface area contributed by atoms with Crippen molar-refractivity contribution in [1.82, 2.24) is 5.32 Å². The Morgan fingerprint density at radius 3 is 2.54 bits per heavy atom. The number of alkyl halides is 3. The first-order valence-electron chi connectivity index (χ1n) is 3.77. The van der Waals surface area contributed by atoms with E-state index in [0.717, 1.165) is 0 Å². The van der Waals surface area contributed by atoms with Gasteiger partial charge in [0.05, 0.1) is 0 Å². The first-order valence-corrected chi connectivity index (χ1v) is 3.77. The van der Waals surface area contributed by atoms with Crippen LogP contribution in [0.3, 0.4) is 0 Å². The van der Waals surface area contributed by atoms with Crippen LogP contribution in [0.15, 0.2) is 11.3 Å². The molecule has 0 radical (unpaired) electrons. The monoisotopic (exact) mass is 193 g/mol. The summed E-state index contributed by atoms with van der Waals surface area (Å²) in [5, 5.41) is 9.70. The predicted molar refractivity (Wildman–Crippen MR) is 42.5 cm³/mol. The van der Waals surface area contributed by atoms with Crippen molar-refractivity contribution in [2.75, 3.05) is 13.1 Å². The molecule has 0 fully saturated rings. The van der Waals surface area contributed by atoms with Gasteiger partial charge in [-0.1, -0.05) is 0 Å².